The lowest BCUT2D eigenvalue weighted by molar-refractivity contribution is -0.908. The van der Waals surface area contributed by atoms with Crippen LogP contribution in [0.2, 0.25) is 0 Å². The van der Waals surface area contributed by atoms with Gasteiger partial charge in [0, 0.05) is 18.4 Å². The SMILES string of the molecule is C[C@@H]1C[NH+](C)[C@H](C)C/C1=N\Oc1ccccc1[N+](=O)[O-]. The van der Waals surface area contributed by atoms with E-state index < -0.39 is 4.92 Å². The molecule has 20 heavy (non-hydrogen) atoms. The Bertz CT molecular complexity index is 530. The summed E-state index contributed by atoms with van der Waals surface area (Å²) >= 11 is 0. The van der Waals surface area contributed by atoms with E-state index in [1.165, 1.54) is 11.0 Å². The predicted molar refractivity (Wildman–Crippen MR) is 76.2 cm³/mol. The third-order valence-corrected chi connectivity index (χ3v) is 3.88. The molecule has 0 aliphatic carbocycles. The molecule has 1 saturated heterocycles. The standard InChI is InChI=1S/C14H19N3O3/c1-10-9-16(3)11(2)8-12(10)15-20-14-7-5-4-6-13(14)17(18)19/h4-7,10-11H,8-9H2,1-3H3/p+1/b15-12+/t10-,11-/m1/s1. The highest BCUT2D eigenvalue weighted by Gasteiger charge is 2.29. The van der Waals surface area contributed by atoms with Gasteiger partial charge in [0.2, 0.25) is 5.75 Å². The molecule has 2 rings (SSSR count). The van der Waals surface area contributed by atoms with Crippen LogP contribution in [-0.4, -0.2) is 30.3 Å². The Hall–Kier alpha value is -1.95. The largest absolute Gasteiger partial charge is 0.350 e. The first-order valence-corrected chi connectivity index (χ1v) is 6.78. The van der Waals surface area contributed by atoms with Gasteiger partial charge in [-0.05, 0) is 13.0 Å². The van der Waals surface area contributed by atoms with E-state index in [9.17, 15) is 10.1 Å². The van der Waals surface area contributed by atoms with Crippen LogP contribution >= 0.6 is 0 Å². The number of nitrogens with zero attached hydrogens (tertiary/aromatic N) is 2. The monoisotopic (exact) mass is 278 g/mol. The van der Waals surface area contributed by atoms with Gasteiger partial charge in [0.15, 0.2) is 0 Å². The molecule has 1 aromatic rings. The van der Waals surface area contributed by atoms with Crippen molar-refractivity contribution in [2.24, 2.45) is 11.1 Å². The summed E-state index contributed by atoms with van der Waals surface area (Å²) in [5.74, 6) is 0.519. The van der Waals surface area contributed by atoms with E-state index in [1.54, 1.807) is 18.2 Å². The highest BCUT2D eigenvalue weighted by Crippen LogP contribution is 2.26. The number of nitro benzene ring substituents is 1. The molecule has 0 radical (unpaired) electrons. The summed E-state index contributed by atoms with van der Waals surface area (Å²) < 4.78 is 0. The van der Waals surface area contributed by atoms with Crippen LogP contribution in [0.3, 0.4) is 0 Å². The first-order valence-electron chi connectivity index (χ1n) is 6.78. The maximum Gasteiger partial charge on any atom is 0.314 e. The maximum absolute atomic E-state index is 10.9. The van der Waals surface area contributed by atoms with Crippen LogP contribution < -0.4 is 9.74 Å². The van der Waals surface area contributed by atoms with Gasteiger partial charge < -0.3 is 9.74 Å². The third kappa shape index (κ3) is 3.14. The molecule has 1 unspecified atom stereocenters. The number of likely N-dealkylation sites (tertiary alicyclic amines) is 1. The highest BCUT2D eigenvalue weighted by atomic mass is 16.6. The van der Waals surface area contributed by atoms with E-state index in [4.69, 9.17) is 4.84 Å². The summed E-state index contributed by atoms with van der Waals surface area (Å²) in [5.41, 5.74) is 0.914. The maximum atomic E-state index is 10.9. The van der Waals surface area contributed by atoms with Gasteiger partial charge in [0.25, 0.3) is 0 Å². The van der Waals surface area contributed by atoms with Crippen LogP contribution in [0.4, 0.5) is 5.69 Å². The minimum atomic E-state index is -0.458. The summed E-state index contributed by atoms with van der Waals surface area (Å²) in [6.45, 7) is 5.28. The molecule has 1 aromatic carbocycles. The van der Waals surface area contributed by atoms with Gasteiger partial charge in [-0.2, -0.15) is 0 Å². The number of oxime groups is 1. The molecule has 1 heterocycles. The topological polar surface area (TPSA) is 69.2 Å². The Kier molecular flexibility index (Phi) is 4.34. The van der Waals surface area contributed by atoms with Crippen molar-refractivity contribution in [1.29, 1.82) is 0 Å². The lowest BCUT2D eigenvalue weighted by atomic mass is 9.93. The van der Waals surface area contributed by atoms with Crippen molar-refractivity contribution in [3.63, 3.8) is 0 Å². The van der Waals surface area contributed by atoms with E-state index >= 15 is 0 Å². The molecular weight excluding hydrogens is 258 g/mol. The third-order valence-electron chi connectivity index (χ3n) is 3.88. The minimum Gasteiger partial charge on any atom is -0.350 e. The number of nitrogens with one attached hydrogen (secondary N) is 1. The second kappa shape index (κ2) is 6.00. The summed E-state index contributed by atoms with van der Waals surface area (Å²) in [6, 6.07) is 6.78. The van der Waals surface area contributed by atoms with Gasteiger partial charge in [-0.3, -0.25) is 10.1 Å². The van der Waals surface area contributed by atoms with Gasteiger partial charge in [0.05, 0.1) is 30.3 Å². The minimum absolute atomic E-state index is 0.0592. The molecule has 108 valence electrons. The van der Waals surface area contributed by atoms with Crippen molar-refractivity contribution in [3.05, 3.63) is 34.4 Å². The van der Waals surface area contributed by atoms with Crippen molar-refractivity contribution in [2.75, 3.05) is 13.6 Å². The van der Waals surface area contributed by atoms with Gasteiger partial charge in [0.1, 0.15) is 0 Å². The van der Waals surface area contributed by atoms with Crippen molar-refractivity contribution in [2.45, 2.75) is 26.3 Å². The average molecular weight is 278 g/mol. The van der Waals surface area contributed by atoms with E-state index in [0.717, 1.165) is 18.7 Å². The second-order valence-corrected chi connectivity index (χ2v) is 5.46. The zero-order chi connectivity index (χ0) is 14.7. The Labute approximate surface area is 118 Å². The van der Waals surface area contributed by atoms with Crippen molar-refractivity contribution in [1.82, 2.24) is 0 Å². The summed E-state index contributed by atoms with van der Waals surface area (Å²) in [4.78, 5) is 17.3. The normalized spacial score (nSPS) is 28.4. The molecule has 6 heteroatoms. The van der Waals surface area contributed by atoms with E-state index in [-0.39, 0.29) is 11.4 Å². The van der Waals surface area contributed by atoms with Crippen LogP contribution in [0, 0.1) is 16.0 Å². The molecule has 0 spiro atoms. The van der Waals surface area contributed by atoms with Crippen LogP contribution in [0.25, 0.3) is 0 Å². The first-order chi connectivity index (χ1) is 9.49. The molecule has 3 atom stereocenters. The summed E-state index contributed by atoms with van der Waals surface area (Å²) in [7, 11) is 2.17. The molecule has 0 bridgehead atoms. The Morgan fingerprint density at radius 2 is 2.10 bits per heavy atom. The average Bonchev–Trinajstić information content (AvgIpc) is 2.41. The van der Waals surface area contributed by atoms with Crippen molar-refractivity contribution >= 4 is 11.4 Å². The van der Waals surface area contributed by atoms with Crippen molar-refractivity contribution < 1.29 is 14.7 Å². The molecule has 1 aliphatic rings. The molecule has 0 saturated carbocycles. The van der Waals surface area contributed by atoms with Gasteiger partial charge >= 0.3 is 5.69 Å². The first kappa shape index (κ1) is 14.5. The second-order valence-electron chi connectivity index (χ2n) is 5.46. The van der Waals surface area contributed by atoms with Crippen LogP contribution in [-0.2, 0) is 0 Å². The summed E-state index contributed by atoms with van der Waals surface area (Å²) in [6.07, 6.45) is 0.855. The molecule has 1 aliphatic heterocycles. The van der Waals surface area contributed by atoms with Gasteiger partial charge in [-0.15, -0.1) is 0 Å². The Balaban J connectivity index is 2.15. The van der Waals surface area contributed by atoms with Crippen molar-refractivity contribution in [3.8, 4) is 5.75 Å². The number of hydrogen-bond donors (Lipinski definition) is 1. The van der Waals surface area contributed by atoms with Gasteiger partial charge in [-0.25, -0.2) is 0 Å². The number of rotatable bonds is 3. The van der Waals surface area contributed by atoms with Crippen LogP contribution in [0.1, 0.15) is 20.3 Å². The lowest BCUT2D eigenvalue weighted by Crippen LogP contribution is -3.14. The molecule has 0 amide bonds. The van der Waals surface area contributed by atoms with Crippen LogP contribution in [0.5, 0.6) is 5.75 Å². The Morgan fingerprint density at radius 1 is 1.40 bits per heavy atom. The van der Waals surface area contributed by atoms with E-state index in [0.29, 0.717) is 12.0 Å². The van der Waals surface area contributed by atoms with Gasteiger partial charge in [-0.1, -0.05) is 24.2 Å². The number of hydrogen-bond acceptors (Lipinski definition) is 4. The number of benzene rings is 1. The smallest absolute Gasteiger partial charge is 0.314 e. The predicted octanol–water partition coefficient (Wildman–Crippen LogP) is 1.27. The Morgan fingerprint density at radius 3 is 2.80 bits per heavy atom. The molecule has 0 aromatic heterocycles. The van der Waals surface area contributed by atoms with Crippen LogP contribution in [0.15, 0.2) is 29.4 Å². The molecule has 6 nitrogen and oxygen atoms in total. The lowest BCUT2D eigenvalue weighted by Gasteiger charge is -2.31. The van der Waals surface area contributed by atoms with E-state index in [1.807, 2.05) is 0 Å². The molecule has 1 N–H and O–H groups in total. The fourth-order valence-corrected chi connectivity index (χ4v) is 2.41. The summed E-state index contributed by atoms with van der Waals surface area (Å²) in [5, 5.41) is 15.1. The fraction of sp³-hybridized carbons (Fsp3) is 0.500. The number of nitro groups is 1. The zero-order valence-corrected chi connectivity index (χ0v) is 12.0. The molecular formula is C14H20N3O3+. The number of para-hydroxylation sites is 2. The van der Waals surface area contributed by atoms with E-state index in [2.05, 4.69) is 26.1 Å². The fourth-order valence-electron chi connectivity index (χ4n) is 2.41. The quantitative estimate of drug-likeness (QED) is 0.668. The highest BCUT2D eigenvalue weighted by molar-refractivity contribution is 5.87. The zero-order valence-electron chi connectivity index (χ0n) is 12.0. The number of piperidine rings is 1. The number of quaternary nitrogens is 1. The molecule has 1 fully saturated rings.